The maximum absolute atomic E-state index is 12.0. The van der Waals surface area contributed by atoms with Gasteiger partial charge in [0.15, 0.2) is 0 Å². The molecule has 0 bridgehead atoms. The molecule has 0 aliphatic rings. The fourth-order valence-corrected chi connectivity index (χ4v) is 1.45. The second-order valence-corrected chi connectivity index (χ2v) is 4.63. The van der Waals surface area contributed by atoms with Gasteiger partial charge in [0.1, 0.15) is 0 Å². The van der Waals surface area contributed by atoms with Crippen molar-refractivity contribution in [3.8, 4) is 0 Å². The van der Waals surface area contributed by atoms with Crippen LogP contribution in [0, 0.1) is 41.8 Å². The van der Waals surface area contributed by atoms with Gasteiger partial charge >= 0.3 is 0 Å². The number of halogens is 6. The van der Waals surface area contributed by atoms with Gasteiger partial charge in [-0.3, -0.25) is 13.2 Å². The van der Waals surface area contributed by atoms with Gasteiger partial charge in [-0.05, 0) is 12.6 Å². The molecule has 0 nitrogen and oxygen atoms in total. The molecule has 0 N–H and O–H groups in total. The molecule has 7 heteroatoms. The molecule has 2 aromatic rings. The maximum atomic E-state index is 12.0. The molecule has 23 heavy (non-hydrogen) atoms. The summed E-state index contributed by atoms with van der Waals surface area (Å²) in [7, 11) is 0. The fraction of sp³-hybridized carbons (Fsp3) is 0.188. The summed E-state index contributed by atoms with van der Waals surface area (Å²) >= 11 is 0. The van der Waals surface area contributed by atoms with Gasteiger partial charge in [-0.25, -0.2) is 13.2 Å². The summed E-state index contributed by atoms with van der Waals surface area (Å²) in [5.74, 6) is -9.53. The Morgan fingerprint density at radius 2 is 1.26 bits per heavy atom. The number of hydrogen-bond donors (Lipinski definition) is 0. The Bertz CT molecular complexity index is 599. The summed E-state index contributed by atoms with van der Waals surface area (Å²) in [5.41, 5.74) is 1.88. The summed E-state index contributed by atoms with van der Waals surface area (Å²) in [6.07, 6.45) is 0. The third-order valence-electron chi connectivity index (χ3n) is 2.72. The van der Waals surface area contributed by atoms with Gasteiger partial charge in [0.05, 0.1) is 29.1 Å². The normalized spacial score (nSPS) is 9.78. The van der Waals surface area contributed by atoms with E-state index in [9.17, 15) is 26.3 Å². The Labute approximate surface area is 149 Å². The Kier molecular flexibility index (Phi) is 9.27. The summed E-state index contributed by atoms with van der Waals surface area (Å²) < 4.78 is 71.8. The zero-order valence-corrected chi connectivity index (χ0v) is 15.8. The van der Waals surface area contributed by atoms with Crippen LogP contribution in [0.3, 0.4) is 0 Å². The Morgan fingerprint density at radius 3 is 1.61 bits per heavy atom. The van der Waals surface area contributed by atoms with E-state index in [4.69, 9.17) is 0 Å². The molecule has 0 radical (unpaired) electrons. The van der Waals surface area contributed by atoms with E-state index in [-0.39, 0.29) is 25.8 Å². The van der Waals surface area contributed by atoms with Crippen LogP contribution in [0.4, 0.5) is 26.3 Å². The molecule has 0 atom stereocenters. The van der Waals surface area contributed by atoms with E-state index in [1.165, 1.54) is 5.56 Å². The molecule has 2 rings (SSSR count). The van der Waals surface area contributed by atoms with Gasteiger partial charge in [-0.15, -0.1) is 18.2 Å². The third-order valence-corrected chi connectivity index (χ3v) is 2.72. The topological polar surface area (TPSA) is 0 Å². The van der Waals surface area contributed by atoms with Crippen LogP contribution in [0.2, 0.25) is 0 Å². The largest absolute Gasteiger partial charge is 0.292 e. The van der Waals surface area contributed by atoms with Crippen LogP contribution in [0.1, 0.15) is 30.9 Å². The van der Waals surface area contributed by atoms with Gasteiger partial charge in [-0.1, -0.05) is 19.4 Å². The van der Waals surface area contributed by atoms with Crippen molar-refractivity contribution < 1.29 is 52.2 Å². The van der Waals surface area contributed by atoms with Crippen LogP contribution in [0.5, 0.6) is 0 Å². The van der Waals surface area contributed by atoms with Crippen LogP contribution in [0.15, 0.2) is 24.3 Å². The molecule has 0 saturated heterocycles. The van der Waals surface area contributed by atoms with Crippen molar-refractivity contribution in [1.29, 1.82) is 0 Å². The average Bonchev–Trinajstić information content (AvgIpc) is 2.51. The molecule has 0 unspecified atom stereocenters. The minimum Gasteiger partial charge on any atom is -0.292 e. The van der Waals surface area contributed by atoms with E-state index >= 15 is 0 Å². The van der Waals surface area contributed by atoms with Crippen molar-refractivity contribution in [3.63, 3.8) is 0 Å². The number of benzene rings is 2. The first kappa shape index (κ1) is 21.8. The summed E-state index contributed by atoms with van der Waals surface area (Å²) in [6.45, 7) is 4.85. The van der Waals surface area contributed by atoms with E-state index in [0.29, 0.717) is 18.2 Å². The standard InChI is InChI=1S/C10H12F.C6F5.Hf/c1-8(2)10-5-3-9(7-11)4-6-10;7-2-1-3(8)5(10)6(11)4(2)9;/h3-8H,1-2H3;;/q2*-1;. The summed E-state index contributed by atoms with van der Waals surface area (Å²) in [4.78, 5) is 0. The van der Waals surface area contributed by atoms with Gasteiger partial charge < -0.3 is 0 Å². The Morgan fingerprint density at radius 1 is 0.826 bits per heavy atom. The second kappa shape index (κ2) is 9.80. The first-order chi connectivity index (χ1) is 10.3. The van der Waals surface area contributed by atoms with E-state index in [2.05, 4.69) is 13.8 Å². The van der Waals surface area contributed by atoms with Crippen molar-refractivity contribution in [1.82, 2.24) is 0 Å². The molecule has 0 aromatic heterocycles. The predicted molar refractivity (Wildman–Crippen MR) is 70.1 cm³/mol. The predicted octanol–water partition coefficient (Wildman–Crippen LogP) is 5.47. The van der Waals surface area contributed by atoms with Crippen molar-refractivity contribution in [2.24, 2.45) is 0 Å². The zero-order valence-electron chi connectivity index (χ0n) is 12.2. The quantitative estimate of drug-likeness (QED) is 0.170. The van der Waals surface area contributed by atoms with Crippen LogP contribution >= 0.6 is 0 Å². The molecule has 0 amide bonds. The van der Waals surface area contributed by atoms with Gasteiger partial charge in [0, 0.05) is 25.8 Å². The van der Waals surface area contributed by atoms with Crippen LogP contribution in [-0.2, 0) is 25.8 Å². The molecule has 0 heterocycles. The summed E-state index contributed by atoms with van der Waals surface area (Å²) in [6, 6.07) is 8.51. The molecule has 0 aliphatic heterocycles. The van der Waals surface area contributed by atoms with E-state index in [1.54, 1.807) is 12.1 Å². The molecule has 0 fully saturated rings. The molecule has 0 aliphatic carbocycles. The average molecular weight is 497 g/mol. The fourth-order valence-electron chi connectivity index (χ4n) is 1.45. The van der Waals surface area contributed by atoms with Crippen LogP contribution in [-0.4, -0.2) is 0 Å². The van der Waals surface area contributed by atoms with Gasteiger partial charge in [0.2, 0.25) is 0 Å². The van der Waals surface area contributed by atoms with Crippen molar-refractivity contribution in [3.05, 3.63) is 77.2 Å². The molecular weight excluding hydrogens is 485 g/mol. The monoisotopic (exact) mass is 498 g/mol. The Hall–Kier alpha value is -1.24. The molecule has 124 valence electrons. The first-order valence-electron chi connectivity index (χ1n) is 6.22. The summed E-state index contributed by atoms with van der Waals surface area (Å²) in [5, 5.41) is 0. The van der Waals surface area contributed by atoms with E-state index in [1.807, 2.05) is 12.1 Å². The van der Waals surface area contributed by atoms with Crippen molar-refractivity contribution in [2.75, 3.05) is 0 Å². The molecule has 0 saturated carbocycles. The van der Waals surface area contributed by atoms with Gasteiger partial charge in [0.25, 0.3) is 0 Å². The zero-order chi connectivity index (χ0) is 16.9. The third kappa shape index (κ3) is 6.05. The van der Waals surface area contributed by atoms with E-state index in [0.717, 1.165) is 6.07 Å². The van der Waals surface area contributed by atoms with Crippen molar-refractivity contribution in [2.45, 2.75) is 19.8 Å². The number of rotatable bonds is 2. The minimum atomic E-state index is -2.17. The molecule has 2 aromatic carbocycles. The van der Waals surface area contributed by atoms with Crippen LogP contribution < -0.4 is 0 Å². The SMILES string of the molecule is CC(C)c1ccc([CH-]F)cc1.Fc1[c-]c(F)c(F)c(F)c1F.[Hf]. The Balaban J connectivity index is 0.000000403. The number of hydrogen-bond acceptors (Lipinski definition) is 0. The van der Waals surface area contributed by atoms with Crippen LogP contribution in [0.25, 0.3) is 0 Å². The van der Waals surface area contributed by atoms with Crippen molar-refractivity contribution >= 4 is 0 Å². The minimum absolute atomic E-state index is 0. The first-order valence-corrected chi connectivity index (χ1v) is 6.22. The maximum Gasteiger partial charge on any atom is 0.0893 e. The molecule has 0 spiro atoms. The van der Waals surface area contributed by atoms with E-state index < -0.39 is 29.1 Å². The van der Waals surface area contributed by atoms with Gasteiger partial charge in [-0.2, -0.15) is 17.7 Å². The second-order valence-electron chi connectivity index (χ2n) is 4.63. The molecular formula is C16H12F6Hf-2. The smallest absolute Gasteiger partial charge is 0.0893 e.